The molecule has 0 aliphatic heterocycles. The Hall–Kier alpha value is -7.20. The number of para-hydroxylation sites is 3. The Balaban J connectivity index is 1.19. The molecule has 2 nitrogen and oxygen atoms in total. The monoisotopic (exact) mass is 767 g/mol. The average Bonchev–Trinajstić information content (AvgIpc) is 4.30. The third-order valence-corrected chi connectivity index (χ3v) is 10.7. The van der Waals surface area contributed by atoms with Crippen molar-refractivity contribution in [1.29, 1.82) is 0 Å². The van der Waals surface area contributed by atoms with Gasteiger partial charge in [0.25, 0.3) is 0 Å². The number of benzene rings is 9. The summed E-state index contributed by atoms with van der Waals surface area (Å²) in [5, 5.41) is -1.42. The summed E-state index contributed by atoms with van der Waals surface area (Å²) < 4.78 is 231. The van der Waals surface area contributed by atoms with Crippen LogP contribution < -0.4 is 0 Å². The SMILES string of the molecule is [2H]c1cc([2H])c([2H])c(-c2c([2H])c([2H])c([2H])c(-c3c([2H])c([2H])c4sc5c([2H])cc(-n6c7cc([2H])c([2H])c([2H])c7c7c([2H])c(-c8c([2H])c([2H])c9c%10c([2H])c([2H])c([2H])c([2H])c%10n(-c%10ccccc%10)c9c8[2H])c([2H])c([2H])c76)c([2H])c5c4c3[2H])c2[2H])c1. The Labute approximate surface area is 368 Å². The summed E-state index contributed by atoms with van der Waals surface area (Å²) in [7, 11) is 0. The molecule has 0 atom stereocenters. The fourth-order valence-corrected chi connectivity index (χ4v) is 8.09. The van der Waals surface area contributed by atoms with Gasteiger partial charge in [-0.2, -0.15) is 0 Å². The first kappa shape index (κ1) is 16.1. The second-order valence-corrected chi connectivity index (χ2v) is 13.9. The molecule has 0 saturated heterocycles. The van der Waals surface area contributed by atoms with Crippen molar-refractivity contribution in [1.82, 2.24) is 9.13 Å². The van der Waals surface area contributed by atoms with Crippen LogP contribution in [0.5, 0.6) is 0 Å². The summed E-state index contributed by atoms with van der Waals surface area (Å²) in [5.41, 5.74) is -3.85. The van der Waals surface area contributed by atoms with E-state index in [0.29, 0.717) is 0 Å². The standard InChI is InChI=1S/C54H34N2S/c1-3-12-35(13-4-1)36-14-11-15-37(30-36)39-24-28-53-47(32-39)48-34-42(25-29-54(48)57-53)56-50-21-10-8-19-44(50)46-31-38(23-27-51(46)56)40-22-26-45-43-18-7-9-20-49(43)55(52(45)33-40)41-16-5-2-6-17-41/h1-34H/i3D,4D,7D,8D,9D,10D,11D,12D,14D,15D,18D,19D,20D,22D,23D,24D,26D,27D,28D,29D,30D,31D,32D,33D,34D. The highest BCUT2D eigenvalue weighted by Crippen LogP contribution is 2.41. The molecule has 0 saturated carbocycles. The van der Waals surface area contributed by atoms with Crippen molar-refractivity contribution < 1.29 is 34.3 Å². The van der Waals surface area contributed by atoms with Crippen LogP contribution in [0.4, 0.5) is 0 Å². The van der Waals surface area contributed by atoms with Crippen LogP contribution >= 0.6 is 11.3 Å². The van der Waals surface area contributed by atoms with E-state index in [1.165, 1.54) is 10.6 Å². The van der Waals surface area contributed by atoms with Crippen LogP contribution in [0.1, 0.15) is 34.3 Å². The van der Waals surface area contributed by atoms with E-state index in [9.17, 15) is 17.8 Å². The first-order valence-corrected chi connectivity index (χ1v) is 18.3. The molecule has 12 rings (SSSR count). The number of hydrogen-bond acceptors (Lipinski definition) is 1. The summed E-state index contributed by atoms with van der Waals surface area (Å²) in [5.74, 6) is 0. The molecule has 3 heteroatoms. The Bertz CT molecular complexity index is 4990. The van der Waals surface area contributed by atoms with Crippen LogP contribution in [0.3, 0.4) is 0 Å². The molecule has 0 N–H and O–H groups in total. The molecule has 12 aromatic rings. The fraction of sp³-hybridized carbons (Fsp3) is 0. The van der Waals surface area contributed by atoms with Gasteiger partial charge in [-0.25, -0.2) is 0 Å². The van der Waals surface area contributed by atoms with Crippen LogP contribution in [0.15, 0.2) is 206 Å². The third-order valence-electron chi connectivity index (χ3n) is 9.68. The molecule has 0 unspecified atom stereocenters. The van der Waals surface area contributed by atoms with Crippen LogP contribution in [-0.4, -0.2) is 9.13 Å². The van der Waals surface area contributed by atoms with Gasteiger partial charge in [0, 0.05) is 53.1 Å². The predicted molar refractivity (Wildman–Crippen MR) is 244 cm³/mol. The molecule has 3 heterocycles. The summed E-state index contributed by atoms with van der Waals surface area (Å²) >= 11 is 0.771. The topological polar surface area (TPSA) is 9.86 Å². The van der Waals surface area contributed by atoms with E-state index in [1.807, 2.05) is 0 Å². The zero-order chi connectivity index (χ0) is 59.2. The van der Waals surface area contributed by atoms with Gasteiger partial charge in [-0.05, 0) is 112 Å². The Morgan fingerprint density at radius 2 is 0.965 bits per heavy atom. The average molecular weight is 768 g/mol. The second kappa shape index (κ2) is 12.7. The lowest BCUT2D eigenvalue weighted by Crippen LogP contribution is -1.94. The summed E-state index contributed by atoms with van der Waals surface area (Å²) in [6, 6.07) is -2.91. The van der Waals surface area contributed by atoms with Gasteiger partial charge in [0.1, 0.15) is 0 Å². The maximum Gasteiger partial charge on any atom is 0.0652 e. The van der Waals surface area contributed by atoms with Crippen molar-refractivity contribution in [3.05, 3.63) is 206 Å². The van der Waals surface area contributed by atoms with E-state index in [1.54, 1.807) is 30.3 Å². The first-order chi connectivity index (χ1) is 38.7. The van der Waals surface area contributed by atoms with E-state index in [-0.39, 0.29) is 92.8 Å². The minimum absolute atomic E-state index is 0.00213. The van der Waals surface area contributed by atoms with Gasteiger partial charge in [0.05, 0.1) is 56.3 Å². The zero-order valence-corrected chi connectivity index (χ0v) is 29.8. The van der Waals surface area contributed by atoms with E-state index in [2.05, 4.69) is 0 Å². The van der Waals surface area contributed by atoms with Crippen LogP contribution in [-0.2, 0) is 0 Å². The molecular formula is C54H34N2S. The smallest absolute Gasteiger partial charge is 0.0652 e. The van der Waals surface area contributed by atoms with Gasteiger partial charge < -0.3 is 9.13 Å². The molecule has 0 aliphatic rings. The van der Waals surface area contributed by atoms with Gasteiger partial charge >= 0.3 is 0 Å². The molecule has 0 radical (unpaired) electrons. The summed E-state index contributed by atoms with van der Waals surface area (Å²) in [6.45, 7) is 0. The maximum atomic E-state index is 9.99. The molecule has 0 bridgehead atoms. The largest absolute Gasteiger partial charge is 0.309 e. The number of rotatable bonds is 5. The van der Waals surface area contributed by atoms with Gasteiger partial charge in [0.2, 0.25) is 0 Å². The molecule has 0 spiro atoms. The van der Waals surface area contributed by atoms with Crippen molar-refractivity contribution in [3.63, 3.8) is 0 Å². The van der Waals surface area contributed by atoms with Crippen molar-refractivity contribution >= 4 is 75.1 Å². The second-order valence-electron chi connectivity index (χ2n) is 12.9. The zero-order valence-electron chi connectivity index (χ0n) is 54.0. The van der Waals surface area contributed by atoms with Crippen LogP contribution in [0.2, 0.25) is 0 Å². The fourth-order valence-electron chi connectivity index (χ4n) is 7.15. The van der Waals surface area contributed by atoms with Gasteiger partial charge in [-0.3, -0.25) is 0 Å². The molecule has 0 fully saturated rings. The molecular weight excluding hydrogens is 709 g/mol. The highest BCUT2D eigenvalue weighted by atomic mass is 32.1. The van der Waals surface area contributed by atoms with Crippen molar-refractivity contribution in [2.45, 2.75) is 0 Å². The Morgan fingerprint density at radius 1 is 0.316 bits per heavy atom. The van der Waals surface area contributed by atoms with Crippen molar-refractivity contribution in [2.75, 3.05) is 0 Å². The normalized spacial score (nSPS) is 18.0. The van der Waals surface area contributed by atoms with Crippen molar-refractivity contribution in [3.8, 4) is 44.8 Å². The molecule has 57 heavy (non-hydrogen) atoms. The maximum absolute atomic E-state index is 9.99. The summed E-state index contributed by atoms with van der Waals surface area (Å²) in [4.78, 5) is 0. The van der Waals surface area contributed by atoms with Gasteiger partial charge in [-0.1, -0.05) is 127 Å². The highest BCUT2D eigenvalue weighted by molar-refractivity contribution is 7.25. The van der Waals surface area contributed by atoms with E-state index in [0.717, 1.165) is 34.1 Å². The number of aromatic nitrogens is 2. The lowest BCUT2D eigenvalue weighted by molar-refractivity contribution is 1.18. The molecule has 0 amide bonds. The van der Waals surface area contributed by atoms with E-state index >= 15 is 0 Å². The van der Waals surface area contributed by atoms with Gasteiger partial charge in [-0.15, -0.1) is 11.3 Å². The van der Waals surface area contributed by atoms with Crippen LogP contribution in [0.25, 0.3) is 109 Å². The molecule has 266 valence electrons. The van der Waals surface area contributed by atoms with Crippen LogP contribution in [0, 0.1) is 0 Å². The predicted octanol–water partition coefficient (Wildman–Crippen LogP) is 15.2. The number of thiophene rings is 1. The van der Waals surface area contributed by atoms with E-state index < -0.39 is 167 Å². The Morgan fingerprint density at radius 3 is 1.88 bits per heavy atom. The summed E-state index contributed by atoms with van der Waals surface area (Å²) in [6.07, 6.45) is 0. The van der Waals surface area contributed by atoms with Crippen molar-refractivity contribution in [2.24, 2.45) is 0 Å². The third kappa shape index (κ3) is 5.10. The molecule has 0 aliphatic carbocycles. The quantitative estimate of drug-likeness (QED) is 0.165. The molecule has 9 aromatic carbocycles. The lowest BCUT2D eigenvalue weighted by atomic mass is 9.98. The number of fused-ring (bicyclic) bond motifs is 9. The first-order valence-electron chi connectivity index (χ1n) is 30.0. The highest BCUT2D eigenvalue weighted by Gasteiger charge is 2.17. The Kier molecular flexibility index (Phi) is 3.58. The minimum atomic E-state index is -0.813. The molecule has 3 aromatic heterocycles. The van der Waals surface area contributed by atoms with Gasteiger partial charge in [0.15, 0.2) is 0 Å². The van der Waals surface area contributed by atoms with E-state index in [4.69, 9.17) is 16.4 Å². The minimum Gasteiger partial charge on any atom is -0.309 e. The lowest BCUT2D eigenvalue weighted by Gasteiger charge is -2.10. The number of hydrogen-bond donors (Lipinski definition) is 0. The number of nitrogens with zero attached hydrogens (tertiary/aromatic N) is 2.